The molecule has 2 rings (SSSR count). The summed E-state index contributed by atoms with van der Waals surface area (Å²) in [5.74, 6) is -1.30. The zero-order valence-corrected chi connectivity index (χ0v) is 9.35. The molecule has 94 valence electrons. The summed E-state index contributed by atoms with van der Waals surface area (Å²) < 4.78 is 1.19. The summed E-state index contributed by atoms with van der Waals surface area (Å²) in [6.07, 6.45) is 2.67. The van der Waals surface area contributed by atoms with E-state index in [0.29, 0.717) is 0 Å². The van der Waals surface area contributed by atoms with Gasteiger partial charge in [-0.2, -0.15) is 5.26 Å². The summed E-state index contributed by atoms with van der Waals surface area (Å²) in [5.41, 5.74) is -0.395. The number of non-ortho nitro benzene ring substituents is 1. The number of carboxylic acid groups (broad SMARTS) is 1. The Kier molecular flexibility index (Phi) is 2.95. The summed E-state index contributed by atoms with van der Waals surface area (Å²) in [4.78, 5) is 24.9. The Labute approximate surface area is 106 Å². The van der Waals surface area contributed by atoms with Crippen molar-refractivity contribution in [2.45, 2.75) is 0 Å². The summed E-state index contributed by atoms with van der Waals surface area (Å²) in [7, 11) is 0. The second kappa shape index (κ2) is 4.58. The van der Waals surface area contributed by atoms with Crippen LogP contribution in [0, 0.1) is 21.4 Å². The van der Waals surface area contributed by atoms with Gasteiger partial charge in [0.1, 0.15) is 6.07 Å². The minimum Gasteiger partial charge on any atom is -0.478 e. The molecule has 0 fully saturated rings. The molecule has 8 heteroatoms. The summed E-state index contributed by atoms with van der Waals surface area (Å²) >= 11 is 0. The van der Waals surface area contributed by atoms with Crippen LogP contribution in [0.2, 0.25) is 0 Å². The molecule has 0 spiro atoms. The molecule has 1 aromatic carbocycles. The normalized spacial score (nSPS) is 9.84. The maximum Gasteiger partial charge on any atom is 0.337 e. The third-order valence-corrected chi connectivity index (χ3v) is 2.42. The Morgan fingerprint density at radius 1 is 1.53 bits per heavy atom. The van der Waals surface area contributed by atoms with Gasteiger partial charge in [0.15, 0.2) is 0 Å². The van der Waals surface area contributed by atoms with Gasteiger partial charge >= 0.3 is 5.97 Å². The van der Waals surface area contributed by atoms with Crippen molar-refractivity contribution in [1.29, 1.82) is 5.26 Å². The number of nitro groups is 1. The van der Waals surface area contributed by atoms with Crippen LogP contribution in [0.3, 0.4) is 0 Å². The molecule has 0 radical (unpaired) electrons. The lowest BCUT2D eigenvalue weighted by Crippen LogP contribution is -2.07. The second-order valence-electron chi connectivity index (χ2n) is 3.50. The van der Waals surface area contributed by atoms with E-state index in [4.69, 9.17) is 10.4 Å². The highest BCUT2D eigenvalue weighted by atomic mass is 16.6. The first-order valence-corrected chi connectivity index (χ1v) is 5.00. The smallest absolute Gasteiger partial charge is 0.337 e. The van der Waals surface area contributed by atoms with Crippen molar-refractivity contribution in [3.63, 3.8) is 0 Å². The zero-order valence-electron chi connectivity index (χ0n) is 9.35. The van der Waals surface area contributed by atoms with E-state index < -0.39 is 10.9 Å². The molecule has 0 unspecified atom stereocenters. The van der Waals surface area contributed by atoms with Gasteiger partial charge < -0.3 is 5.11 Å². The maximum atomic E-state index is 11.1. The largest absolute Gasteiger partial charge is 0.478 e. The molecule has 0 aliphatic heterocycles. The van der Waals surface area contributed by atoms with Crippen LogP contribution >= 0.6 is 0 Å². The number of imidazole rings is 1. The van der Waals surface area contributed by atoms with Gasteiger partial charge in [-0.05, 0) is 6.07 Å². The third kappa shape index (κ3) is 2.12. The molecule has 0 amide bonds. The number of nitrogens with zero attached hydrogens (tertiary/aromatic N) is 4. The van der Waals surface area contributed by atoms with E-state index in [1.54, 1.807) is 6.07 Å². The lowest BCUT2D eigenvalue weighted by Gasteiger charge is -2.07. The number of carbonyl (C=O) groups is 1. The van der Waals surface area contributed by atoms with Crippen molar-refractivity contribution < 1.29 is 14.8 Å². The molecule has 1 heterocycles. The number of nitro benzene ring substituents is 1. The number of rotatable bonds is 3. The Hall–Kier alpha value is -3.21. The highest BCUT2D eigenvalue weighted by Crippen LogP contribution is 2.22. The minimum atomic E-state index is -1.25. The Morgan fingerprint density at radius 2 is 2.26 bits per heavy atom. The highest BCUT2D eigenvalue weighted by molar-refractivity contribution is 5.92. The van der Waals surface area contributed by atoms with E-state index >= 15 is 0 Å². The molecule has 0 aliphatic rings. The standard InChI is InChI=1S/C11H6N4O4/c12-6-10-13-3-4-14(10)9-5-7(15(18)19)1-2-8(9)11(16)17/h1-5H,(H,16,17). The molecule has 2 aromatic rings. The van der Waals surface area contributed by atoms with E-state index in [2.05, 4.69) is 4.98 Å². The zero-order chi connectivity index (χ0) is 14.0. The van der Waals surface area contributed by atoms with Crippen LogP contribution in [0.5, 0.6) is 0 Å². The topological polar surface area (TPSA) is 122 Å². The van der Waals surface area contributed by atoms with Crippen molar-refractivity contribution in [2.24, 2.45) is 0 Å². The van der Waals surface area contributed by atoms with Gasteiger partial charge in [-0.3, -0.25) is 14.7 Å². The van der Waals surface area contributed by atoms with Gasteiger partial charge in [0.2, 0.25) is 5.82 Å². The minimum absolute atomic E-state index is 0.0238. The number of aromatic nitrogens is 2. The Balaban J connectivity index is 2.72. The molecule has 0 saturated carbocycles. The summed E-state index contributed by atoms with van der Waals surface area (Å²) in [6, 6.07) is 5.08. The fourth-order valence-electron chi connectivity index (χ4n) is 1.59. The van der Waals surface area contributed by atoms with E-state index in [9.17, 15) is 14.9 Å². The number of benzene rings is 1. The number of aromatic carboxylic acids is 1. The van der Waals surface area contributed by atoms with Gasteiger partial charge in [-0.1, -0.05) is 0 Å². The third-order valence-electron chi connectivity index (χ3n) is 2.42. The molecule has 0 saturated heterocycles. The van der Waals surface area contributed by atoms with Crippen molar-refractivity contribution >= 4 is 11.7 Å². The lowest BCUT2D eigenvalue weighted by molar-refractivity contribution is -0.384. The van der Waals surface area contributed by atoms with E-state index in [0.717, 1.165) is 18.2 Å². The molecule has 0 atom stereocenters. The average molecular weight is 258 g/mol. The van der Waals surface area contributed by atoms with E-state index in [1.165, 1.54) is 17.0 Å². The summed E-state index contributed by atoms with van der Waals surface area (Å²) in [6.45, 7) is 0. The van der Waals surface area contributed by atoms with Gasteiger partial charge in [-0.15, -0.1) is 0 Å². The Bertz CT molecular complexity index is 714. The van der Waals surface area contributed by atoms with Crippen LogP contribution in [0.15, 0.2) is 30.6 Å². The van der Waals surface area contributed by atoms with Crippen molar-refractivity contribution in [3.8, 4) is 11.8 Å². The summed E-state index contributed by atoms with van der Waals surface area (Å²) in [5, 5.41) is 28.7. The fraction of sp³-hybridized carbons (Fsp3) is 0. The van der Waals surface area contributed by atoms with Crippen LogP contribution in [-0.2, 0) is 0 Å². The van der Waals surface area contributed by atoms with Gasteiger partial charge in [-0.25, -0.2) is 9.78 Å². The molecule has 0 aliphatic carbocycles. The molecule has 8 nitrogen and oxygen atoms in total. The van der Waals surface area contributed by atoms with Gasteiger partial charge in [0.25, 0.3) is 5.69 Å². The second-order valence-corrected chi connectivity index (χ2v) is 3.50. The molecular formula is C11H6N4O4. The predicted molar refractivity (Wildman–Crippen MR) is 61.9 cm³/mol. The van der Waals surface area contributed by atoms with Gasteiger partial charge in [0, 0.05) is 24.5 Å². The first kappa shape index (κ1) is 12.3. The van der Waals surface area contributed by atoms with Crippen molar-refractivity contribution in [3.05, 3.63) is 52.1 Å². The number of nitriles is 1. The fourth-order valence-corrected chi connectivity index (χ4v) is 1.59. The average Bonchev–Trinajstić information content (AvgIpc) is 2.85. The van der Waals surface area contributed by atoms with Crippen LogP contribution in [0.1, 0.15) is 16.2 Å². The predicted octanol–water partition coefficient (Wildman–Crippen LogP) is 1.35. The SMILES string of the molecule is N#Cc1nccn1-c1cc([N+](=O)[O-])ccc1C(=O)O. The number of hydrogen-bond acceptors (Lipinski definition) is 5. The molecule has 19 heavy (non-hydrogen) atoms. The lowest BCUT2D eigenvalue weighted by atomic mass is 10.1. The highest BCUT2D eigenvalue weighted by Gasteiger charge is 2.18. The van der Waals surface area contributed by atoms with Crippen LogP contribution in [0.4, 0.5) is 5.69 Å². The van der Waals surface area contributed by atoms with Gasteiger partial charge in [0.05, 0.1) is 16.2 Å². The Morgan fingerprint density at radius 3 is 2.84 bits per heavy atom. The van der Waals surface area contributed by atoms with E-state index in [1.807, 2.05) is 0 Å². The van der Waals surface area contributed by atoms with Crippen LogP contribution in [0.25, 0.3) is 5.69 Å². The first-order valence-electron chi connectivity index (χ1n) is 5.00. The maximum absolute atomic E-state index is 11.1. The van der Waals surface area contributed by atoms with Crippen LogP contribution in [-0.4, -0.2) is 25.6 Å². The molecule has 0 bridgehead atoms. The van der Waals surface area contributed by atoms with Crippen LogP contribution < -0.4 is 0 Å². The quantitative estimate of drug-likeness (QED) is 0.654. The monoisotopic (exact) mass is 258 g/mol. The van der Waals surface area contributed by atoms with Crippen molar-refractivity contribution in [2.75, 3.05) is 0 Å². The first-order chi connectivity index (χ1) is 9.04. The molecule has 1 N–H and O–H groups in total. The number of hydrogen-bond donors (Lipinski definition) is 1. The molecule has 1 aromatic heterocycles. The van der Waals surface area contributed by atoms with Crippen molar-refractivity contribution in [1.82, 2.24) is 9.55 Å². The molecular weight excluding hydrogens is 252 g/mol. The number of carboxylic acids is 1. The van der Waals surface area contributed by atoms with E-state index in [-0.39, 0.29) is 22.8 Å².